The van der Waals surface area contributed by atoms with Gasteiger partial charge in [0.1, 0.15) is 122 Å². The van der Waals surface area contributed by atoms with E-state index in [9.17, 15) is 86.2 Å². The van der Waals surface area contributed by atoms with E-state index in [-0.39, 0.29) is 0 Å². The van der Waals surface area contributed by atoms with Gasteiger partial charge >= 0.3 is 0 Å². The Labute approximate surface area is 351 Å². The lowest BCUT2D eigenvalue weighted by molar-refractivity contribution is -0.384. The smallest absolute Gasteiger partial charge is 0.217 e. The summed E-state index contributed by atoms with van der Waals surface area (Å²) in [5, 5.41) is 163. The fourth-order valence-corrected chi connectivity index (χ4v) is 7.73. The van der Waals surface area contributed by atoms with Crippen LogP contribution in [0.15, 0.2) is 0 Å². The van der Waals surface area contributed by atoms with E-state index in [1.807, 2.05) is 0 Å². The molecule has 28 nitrogen and oxygen atoms in total. The highest BCUT2D eigenvalue weighted by Crippen LogP contribution is 2.35. The van der Waals surface area contributed by atoms with Crippen molar-refractivity contribution in [1.82, 2.24) is 10.6 Å². The van der Waals surface area contributed by atoms with Gasteiger partial charge in [0, 0.05) is 13.8 Å². The van der Waals surface area contributed by atoms with Crippen LogP contribution >= 0.6 is 0 Å². The van der Waals surface area contributed by atoms with Crippen LogP contribution in [0.25, 0.3) is 0 Å². The summed E-state index contributed by atoms with van der Waals surface area (Å²) in [6.45, 7) is -2.31. The van der Waals surface area contributed by atoms with Crippen molar-refractivity contribution < 1.29 is 129 Å². The van der Waals surface area contributed by atoms with Crippen molar-refractivity contribution >= 4 is 11.8 Å². The summed E-state index contributed by atoms with van der Waals surface area (Å²) in [5.41, 5.74) is 0. The van der Waals surface area contributed by atoms with Crippen LogP contribution in [0, 0.1) is 0 Å². The van der Waals surface area contributed by atoms with Crippen LogP contribution in [-0.2, 0) is 52.2 Å². The summed E-state index contributed by atoms with van der Waals surface area (Å²) in [5.74, 6) is -1.49. The Bertz CT molecular complexity index is 1440. The summed E-state index contributed by atoms with van der Waals surface area (Å²) in [6.07, 6.45) is -42.3. The molecule has 25 atom stereocenters. The minimum absolute atomic E-state index is 0.693. The zero-order valence-corrected chi connectivity index (χ0v) is 33.2. The lowest BCUT2D eigenvalue weighted by Gasteiger charge is -2.50. The first kappa shape index (κ1) is 51.0. The normalized spacial score (nSPS) is 49.0. The van der Waals surface area contributed by atoms with Crippen LogP contribution in [-0.4, -0.2) is 275 Å². The molecule has 0 bridgehead atoms. The minimum atomic E-state index is -2.18. The van der Waals surface area contributed by atoms with Gasteiger partial charge in [0.05, 0.1) is 33.0 Å². The van der Waals surface area contributed by atoms with Crippen molar-refractivity contribution in [1.29, 1.82) is 0 Å². The third-order valence-electron chi connectivity index (χ3n) is 11.1. The topological polar surface area (TPSA) is 445 Å². The average Bonchev–Trinajstić information content (AvgIpc) is 3.23. The zero-order chi connectivity index (χ0) is 45.9. The molecular weight excluding hydrogens is 852 g/mol. The average molecular weight is 911 g/mol. The molecule has 0 aliphatic carbocycles. The van der Waals surface area contributed by atoms with E-state index in [2.05, 4.69) is 10.6 Å². The van der Waals surface area contributed by atoms with Gasteiger partial charge in [0.25, 0.3) is 0 Å². The van der Waals surface area contributed by atoms with Gasteiger partial charge in [0.2, 0.25) is 11.8 Å². The summed E-state index contributed by atoms with van der Waals surface area (Å²) in [7, 11) is 0. The third-order valence-corrected chi connectivity index (χ3v) is 11.1. The molecule has 5 rings (SSSR count). The fourth-order valence-electron chi connectivity index (χ4n) is 7.73. The van der Waals surface area contributed by atoms with E-state index < -0.39 is 198 Å². The summed E-state index contributed by atoms with van der Waals surface area (Å²) in [6, 6.07) is -3.19. The number of hydrogen-bond donors (Lipinski definition) is 17. The second-order valence-corrected chi connectivity index (χ2v) is 15.5. The van der Waals surface area contributed by atoms with Crippen LogP contribution in [0.5, 0.6) is 0 Å². The summed E-state index contributed by atoms with van der Waals surface area (Å²) in [4.78, 5) is 24.2. The predicted octanol–water partition coefficient (Wildman–Crippen LogP) is -11.6. The number of aliphatic hydroxyl groups is 15. The van der Waals surface area contributed by atoms with E-state index in [0.717, 1.165) is 13.8 Å². The number of ether oxygens (including phenoxy) is 9. The van der Waals surface area contributed by atoms with Gasteiger partial charge in [-0.2, -0.15) is 0 Å². The molecule has 0 aromatic rings. The molecule has 0 aromatic carbocycles. The zero-order valence-electron chi connectivity index (χ0n) is 33.2. The van der Waals surface area contributed by atoms with Gasteiger partial charge in [0.15, 0.2) is 31.5 Å². The Morgan fingerprint density at radius 2 is 0.823 bits per heavy atom. The molecule has 0 aromatic heterocycles. The van der Waals surface area contributed by atoms with Gasteiger partial charge in [-0.1, -0.05) is 0 Å². The van der Waals surface area contributed by atoms with E-state index in [0.29, 0.717) is 0 Å². The van der Waals surface area contributed by atoms with Crippen LogP contribution in [0.3, 0.4) is 0 Å². The fraction of sp³-hybridized carbons (Fsp3) is 0.941. The minimum Gasteiger partial charge on any atom is -0.394 e. The van der Waals surface area contributed by atoms with Gasteiger partial charge in [-0.25, -0.2) is 0 Å². The number of amides is 2. The standard InChI is InChI=1S/C34H58N2O26/c1-8(41)35-15-20(46)27(12(5-39)55-30(15)53)60-31-16(36-9(2)42)21(47)28(13(6-40)58-31)61-34-26(52)29(62-33-25(51)23(49)18(44)11(4-38)57-33)19(45)14(59-34)7-54-32-24(50)22(48)17(43)10(3-37)56-32/h10-34,37-40,43-53H,3-7H2,1-2H3,(H,35,41)(H,36,42)/t10?,11-,12?,13?,14?,15?,16?,17+,18-,19+,20-,21-,22+,23?,24?,25?,26?,27+,28+,29+,30?,31+,32-,33-,34+/m1/s1. The maximum atomic E-state index is 12.4. The molecule has 28 heteroatoms. The number of hydrogen-bond acceptors (Lipinski definition) is 26. The van der Waals surface area contributed by atoms with Gasteiger partial charge in [-0.15, -0.1) is 0 Å². The van der Waals surface area contributed by atoms with Gasteiger partial charge in [-0.05, 0) is 0 Å². The second-order valence-electron chi connectivity index (χ2n) is 15.5. The largest absolute Gasteiger partial charge is 0.394 e. The molecular formula is C34H58N2O26. The Morgan fingerprint density at radius 1 is 0.419 bits per heavy atom. The van der Waals surface area contributed by atoms with Crippen molar-refractivity contribution in [3.05, 3.63) is 0 Å². The maximum Gasteiger partial charge on any atom is 0.217 e. The van der Waals surface area contributed by atoms with Crippen LogP contribution in [0.2, 0.25) is 0 Å². The van der Waals surface area contributed by atoms with Crippen molar-refractivity contribution in [2.75, 3.05) is 33.0 Å². The number of carbonyl (C=O) groups excluding carboxylic acids is 2. The summed E-state index contributed by atoms with van der Waals surface area (Å²) >= 11 is 0. The molecule has 0 saturated carbocycles. The molecule has 0 radical (unpaired) electrons. The molecule has 17 N–H and O–H groups in total. The van der Waals surface area contributed by atoms with E-state index >= 15 is 0 Å². The predicted molar refractivity (Wildman–Crippen MR) is 190 cm³/mol. The van der Waals surface area contributed by atoms with Crippen LogP contribution in [0.4, 0.5) is 0 Å². The first-order chi connectivity index (χ1) is 29.3. The maximum absolute atomic E-state index is 12.4. The molecule has 5 saturated heterocycles. The second kappa shape index (κ2) is 22.0. The molecule has 62 heavy (non-hydrogen) atoms. The van der Waals surface area contributed by atoms with Crippen LogP contribution < -0.4 is 10.6 Å². The number of nitrogens with one attached hydrogen (secondary N) is 2. The Kier molecular flexibility index (Phi) is 18.1. The highest BCUT2D eigenvalue weighted by molar-refractivity contribution is 5.73. The first-order valence-corrected chi connectivity index (χ1v) is 19.6. The van der Waals surface area contributed by atoms with Crippen LogP contribution in [0.1, 0.15) is 13.8 Å². The quantitative estimate of drug-likeness (QED) is 0.0725. The van der Waals surface area contributed by atoms with Crippen molar-refractivity contribution in [2.45, 2.75) is 167 Å². The van der Waals surface area contributed by atoms with Gasteiger partial charge < -0.3 is 130 Å². The number of carbonyl (C=O) groups is 2. The van der Waals surface area contributed by atoms with Crippen molar-refractivity contribution in [3.8, 4) is 0 Å². The lowest BCUT2D eigenvalue weighted by Crippen LogP contribution is -2.70. The summed E-state index contributed by atoms with van der Waals surface area (Å²) < 4.78 is 50.8. The van der Waals surface area contributed by atoms with E-state index in [1.54, 1.807) is 0 Å². The molecule has 2 amide bonds. The van der Waals surface area contributed by atoms with E-state index in [4.69, 9.17) is 42.6 Å². The highest BCUT2D eigenvalue weighted by atomic mass is 16.8. The number of rotatable bonds is 15. The first-order valence-electron chi connectivity index (χ1n) is 19.6. The molecule has 5 aliphatic heterocycles. The molecule has 5 heterocycles. The third kappa shape index (κ3) is 11.0. The van der Waals surface area contributed by atoms with Crippen molar-refractivity contribution in [3.63, 3.8) is 0 Å². The lowest BCUT2D eigenvalue weighted by atomic mass is 9.94. The Balaban J connectivity index is 1.41. The van der Waals surface area contributed by atoms with Crippen molar-refractivity contribution in [2.24, 2.45) is 0 Å². The Morgan fingerprint density at radius 3 is 1.35 bits per heavy atom. The molecule has 0 spiro atoms. The molecule has 5 fully saturated rings. The highest BCUT2D eigenvalue weighted by Gasteiger charge is 2.56. The SMILES string of the molecule is CC(=O)NC1C(O)OC(CO)[C@H](O[C@@H]2OC(CO)[C@H](O[C@@H]3OC(CO[C@@H]4OC(CO)[C@H](O)[C@H](O)C4O)[C@H](O)[C@H](O[C@H]4O[C@H](CO)[C@@H](O)C(O)C4O)C3O)[C@H](O)C2NC(C)=O)[C@@H]1O. The number of aliphatic hydroxyl groups excluding tert-OH is 15. The molecule has 5 aliphatic rings. The monoisotopic (exact) mass is 910 g/mol. The van der Waals surface area contributed by atoms with E-state index in [1.165, 1.54) is 0 Å². The molecule has 11 unspecified atom stereocenters. The molecule has 360 valence electrons. The Hall–Kier alpha value is -2.02. The van der Waals surface area contributed by atoms with Gasteiger partial charge in [-0.3, -0.25) is 9.59 Å².